The van der Waals surface area contributed by atoms with E-state index in [0.717, 1.165) is 0 Å². The second-order valence-corrected chi connectivity index (χ2v) is 3.99. The van der Waals surface area contributed by atoms with Crippen LogP contribution >= 0.6 is 0 Å². The van der Waals surface area contributed by atoms with Gasteiger partial charge >= 0.3 is 0 Å². The Morgan fingerprint density at radius 1 is 1.47 bits per heavy atom. The topological polar surface area (TPSA) is 56.1 Å². The summed E-state index contributed by atoms with van der Waals surface area (Å²) >= 11 is 0. The molecule has 0 unspecified atom stereocenters. The molecule has 0 aromatic heterocycles. The average molecular weight is 233 g/mol. The van der Waals surface area contributed by atoms with E-state index in [-0.39, 0.29) is 24.2 Å². The number of carbonyl (C=O) groups excluding carboxylic acids is 1. The second-order valence-electron chi connectivity index (χ2n) is 3.99. The van der Waals surface area contributed by atoms with E-state index in [9.17, 15) is 9.18 Å². The molecule has 0 aliphatic carbocycles. The third-order valence-corrected chi connectivity index (χ3v) is 2.70. The number of rotatable bonds is 3. The van der Waals surface area contributed by atoms with Gasteiger partial charge in [-0.1, -0.05) is 0 Å². The number of nitrogens with zero attached hydrogens (tertiary/aromatic N) is 2. The molecule has 1 amide bonds. The van der Waals surface area contributed by atoms with Gasteiger partial charge in [-0.3, -0.25) is 4.79 Å². The molecule has 0 radical (unpaired) electrons. The smallest absolute Gasteiger partial charge is 0.241 e. The summed E-state index contributed by atoms with van der Waals surface area (Å²) in [6.07, 6.45) is 0. The van der Waals surface area contributed by atoms with Crippen molar-refractivity contribution in [3.05, 3.63) is 30.1 Å². The minimum Gasteiger partial charge on any atom is -0.376 e. The van der Waals surface area contributed by atoms with Gasteiger partial charge in [0.2, 0.25) is 5.91 Å². The quantitative estimate of drug-likeness (QED) is 0.854. The number of amides is 1. The first-order valence-corrected chi connectivity index (χ1v) is 5.36. The number of benzene rings is 1. The molecule has 1 aliphatic rings. The van der Waals surface area contributed by atoms with Crippen molar-refractivity contribution < 1.29 is 9.18 Å². The molecule has 0 spiro atoms. The largest absolute Gasteiger partial charge is 0.376 e. The van der Waals surface area contributed by atoms with E-state index in [2.05, 4.69) is 11.4 Å². The lowest BCUT2D eigenvalue weighted by Gasteiger charge is -2.35. The summed E-state index contributed by atoms with van der Waals surface area (Å²) in [7, 11) is 0. The lowest BCUT2D eigenvalue weighted by molar-refractivity contribution is -0.134. The first-order chi connectivity index (χ1) is 8.19. The molecule has 1 saturated heterocycles. The highest BCUT2D eigenvalue weighted by molar-refractivity contribution is 5.81. The molecule has 0 atom stereocenters. The molecule has 17 heavy (non-hydrogen) atoms. The van der Waals surface area contributed by atoms with Crippen LogP contribution in [0, 0.1) is 23.1 Å². The highest BCUT2D eigenvalue weighted by atomic mass is 19.1. The van der Waals surface area contributed by atoms with Crippen LogP contribution in [0.2, 0.25) is 0 Å². The molecule has 0 saturated carbocycles. The number of carbonyl (C=O) groups is 1. The molecule has 5 heteroatoms. The van der Waals surface area contributed by atoms with Gasteiger partial charge in [-0.2, -0.15) is 5.26 Å². The van der Waals surface area contributed by atoms with Crippen molar-refractivity contribution in [3.8, 4) is 6.07 Å². The molecule has 1 aliphatic heterocycles. The van der Waals surface area contributed by atoms with Gasteiger partial charge in [-0.15, -0.1) is 0 Å². The lowest BCUT2D eigenvalue weighted by atomic mass is 10.0. The van der Waals surface area contributed by atoms with E-state index in [1.165, 1.54) is 12.1 Å². The number of anilines is 1. The van der Waals surface area contributed by atoms with Crippen LogP contribution in [0.25, 0.3) is 0 Å². The molecule has 1 N–H and O–H groups in total. The number of halogens is 1. The van der Waals surface area contributed by atoms with Crippen molar-refractivity contribution in [2.45, 2.75) is 0 Å². The van der Waals surface area contributed by atoms with Gasteiger partial charge in [0.1, 0.15) is 5.82 Å². The van der Waals surface area contributed by atoms with Crippen molar-refractivity contribution in [2.75, 3.05) is 25.0 Å². The normalized spacial score (nSPS) is 14.9. The summed E-state index contributed by atoms with van der Waals surface area (Å²) in [6.45, 7) is 1.20. The molecule has 0 bridgehead atoms. The van der Waals surface area contributed by atoms with E-state index in [1.54, 1.807) is 17.0 Å². The zero-order valence-electron chi connectivity index (χ0n) is 9.19. The van der Waals surface area contributed by atoms with Gasteiger partial charge in [0.15, 0.2) is 0 Å². The van der Waals surface area contributed by atoms with Crippen LogP contribution in [-0.4, -0.2) is 30.4 Å². The number of nitrogens with one attached hydrogen (secondary N) is 1. The van der Waals surface area contributed by atoms with Gasteiger partial charge < -0.3 is 10.2 Å². The Morgan fingerprint density at radius 2 is 2.12 bits per heavy atom. The van der Waals surface area contributed by atoms with E-state index >= 15 is 0 Å². The molecule has 1 aromatic carbocycles. The minimum absolute atomic E-state index is 0.0234. The Labute approximate surface area is 98.6 Å². The third kappa shape index (κ3) is 2.72. The maximum absolute atomic E-state index is 12.6. The number of hydrogen-bond donors (Lipinski definition) is 1. The molecule has 1 heterocycles. The highest BCUT2D eigenvalue weighted by Gasteiger charge is 2.29. The van der Waals surface area contributed by atoms with Gasteiger partial charge in [0, 0.05) is 18.8 Å². The van der Waals surface area contributed by atoms with Gasteiger partial charge in [-0.25, -0.2) is 4.39 Å². The Morgan fingerprint density at radius 3 is 2.71 bits per heavy atom. The van der Waals surface area contributed by atoms with Gasteiger partial charge in [0.05, 0.1) is 18.5 Å². The lowest BCUT2D eigenvalue weighted by Crippen LogP contribution is -2.51. The summed E-state index contributed by atoms with van der Waals surface area (Å²) < 4.78 is 12.6. The SMILES string of the molecule is N#CC1CN(C(=O)CNc2ccc(F)cc2)C1. The number of hydrogen-bond acceptors (Lipinski definition) is 3. The summed E-state index contributed by atoms with van der Waals surface area (Å²) in [5, 5.41) is 11.5. The first-order valence-electron chi connectivity index (χ1n) is 5.36. The standard InChI is InChI=1S/C12H12FN3O/c13-10-1-3-11(4-2-10)15-6-12(17)16-7-9(5-14)8-16/h1-4,9,15H,6-8H2. The zero-order chi connectivity index (χ0) is 12.3. The molecule has 1 fully saturated rings. The van der Waals surface area contributed by atoms with Gasteiger partial charge in [0.25, 0.3) is 0 Å². The maximum Gasteiger partial charge on any atom is 0.241 e. The van der Waals surface area contributed by atoms with Crippen LogP contribution in [0.5, 0.6) is 0 Å². The van der Waals surface area contributed by atoms with Crippen LogP contribution in [0.15, 0.2) is 24.3 Å². The number of nitriles is 1. The Kier molecular flexibility index (Phi) is 3.24. The van der Waals surface area contributed by atoms with Crippen LogP contribution < -0.4 is 5.32 Å². The fraction of sp³-hybridized carbons (Fsp3) is 0.333. The molecule has 4 nitrogen and oxygen atoms in total. The van der Waals surface area contributed by atoms with Crippen LogP contribution in [0.3, 0.4) is 0 Å². The Bertz CT molecular complexity index is 446. The Balaban J connectivity index is 1.77. The highest BCUT2D eigenvalue weighted by Crippen LogP contribution is 2.14. The molecule has 1 aromatic rings. The molecule has 2 rings (SSSR count). The van der Waals surface area contributed by atoms with Crippen LogP contribution in [-0.2, 0) is 4.79 Å². The Hall–Kier alpha value is -2.09. The predicted molar refractivity (Wildman–Crippen MR) is 60.6 cm³/mol. The fourth-order valence-electron chi connectivity index (χ4n) is 1.62. The second kappa shape index (κ2) is 4.83. The summed E-state index contributed by atoms with van der Waals surface area (Å²) in [4.78, 5) is 13.2. The fourth-order valence-corrected chi connectivity index (χ4v) is 1.62. The van der Waals surface area contributed by atoms with E-state index in [1.807, 2.05) is 0 Å². The van der Waals surface area contributed by atoms with Crippen molar-refractivity contribution in [1.29, 1.82) is 5.26 Å². The zero-order valence-corrected chi connectivity index (χ0v) is 9.19. The van der Waals surface area contributed by atoms with E-state index in [4.69, 9.17) is 5.26 Å². The van der Waals surface area contributed by atoms with Crippen molar-refractivity contribution in [3.63, 3.8) is 0 Å². The van der Waals surface area contributed by atoms with Crippen molar-refractivity contribution >= 4 is 11.6 Å². The summed E-state index contributed by atoms with van der Waals surface area (Å²) in [6, 6.07) is 7.94. The monoisotopic (exact) mass is 233 g/mol. The third-order valence-electron chi connectivity index (χ3n) is 2.70. The summed E-state index contributed by atoms with van der Waals surface area (Å²) in [5.74, 6) is -0.368. The van der Waals surface area contributed by atoms with Crippen LogP contribution in [0.4, 0.5) is 10.1 Å². The maximum atomic E-state index is 12.6. The molecular weight excluding hydrogens is 221 g/mol. The predicted octanol–water partition coefficient (Wildman–Crippen LogP) is 1.22. The molecule has 88 valence electrons. The number of likely N-dealkylation sites (tertiary alicyclic amines) is 1. The summed E-state index contributed by atoms with van der Waals surface area (Å²) in [5.41, 5.74) is 0.706. The van der Waals surface area contributed by atoms with Crippen LogP contribution in [0.1, 0.15) is 0 Å². The molecular formula is C12H12FN3O. The minimum atomic E-state index is -0.304. The van der Waals surface area contributed by atoms with Crippen molar-refractivity contribution in [2.24, 2.45) is 5.92 Å². The first kappa shape index (κ1) is 11.4. The van der Waals surface area contributed by atoms with Gasteiger partial charge in [-0.05, 0) is 24.3 Å². The van der Waals surface area contributed by atoms with Crippen molar-refractivity contribution in [1.82, 2.24) is 4.90 Å². The average Bonchev–Trinajstić information content (AvgIpc) is 2.27. The van der Waals surface area contributed by atoms with E-state index < -0.39 is 0 Å². The van der Waals surface area contributed by atoms with E-state index in [0.29, 0.717) is 18.8 Å².